The summed E-state index contributed by atoms with van der Waals surface area (Å²) in [5, 5.41) is 3.49. The molecule has 0 unspecified atom stereocenters. The van der Waals surface area contributed by atoms with Crippen molar-refractivity contribution in [2.75, 3.05) is 11.1 Å². The van der Waals surface area contributed by atoms with Crippen LogP contribution in [0, 0.1) is 0 Å². The normalized spacial score (nSPS) is 19.7. The minimum absolute atomic E-state index is 0.0523. The van der Waals surface area contributed by atoms with Gasteiger partial charge in [0.2, 0.25) is 5.91 Å². The lowest BCUT2D eigenvalue weighted by Gasteiger charge is -2.18. The van der Waals surface area contributed by atoms with E-state index < -0.39 is 0 Å². The molecule has 1 aromatic heterocycles. The summed E-state index contributed by atoms with van der Waals surface area (Å²) in [7, 11) is 0. The smallest absolute Gasteiger partial charge is 0.223 e. The van der Waals surface area contributed by atoms with Crippen LogP contribution in [0.1, 0.15) is 36.3 Å². The predicted octanol–water partition coefficient (Wildman–Crippen LogP) is 2.45. The van der Waals surface area contributed by atoms with Crippen molar-refractivity contribution < 1.29 is 4.79 Å². The highest BCUT2D eigenvalue weighted by atomic mass is 32.1. The van der Waals surface area contributed by atoms with Crippen LogP contribution in [0.4, 0.5) is 5.13 Å². The summed E-state index contributed by atoms with van der Waals surface area (Å²) >= 11 is 5.96. The fraction of sp³-hybridized carbons (Fsp3) is 0.600. The molecule has 0 radical (unpaired) electrons. The summed E-state index contributed by atoms with van der Waals surface area (Å²) in [6.07, 6.45) is 3.41. The van der Waals surface area contributed by atoms with Crippen LogP contribution in [-0.2, 0) is 11.2 Å². The molecule has 0 bridgehead atoms. The monoisotopic (exact) mass is 242 g/mol. The summed E-state index contributed by atoms with van der Waals surface area (Å²) in [6, 6.07) is 0. The Hall–Kier alpha value is -0.550. The highest BCUT2D eigenvalue weighted by Crippen LogP contribution is 2.38. The molecule has 0 spiro atoms. The van der Waals surface area contributed by atoms with Crippen LogP contribution in [-0.4, -0.2) is 16.6 Å². The van der Waals surface area contributed by atoms with Crippen molar-refractivity contribution in [3.05, 3.63) is 10.6 Å². The highest BCUT2D eigenvalue weighted by Gasteiger charge is 2.23. The Morgan fingerprint density at radius 3 is 3.20 bits per heavy atom. The zero-order valence-corrected chi connectivity index (χ0v) is 10.3. The van der Waals surface area contributed by atoms with Crippen molar-refractivity contribution in [1.29, 1.82) is 0 Å². The lowest BCUT2D eigenvalue weighted by molar-refractivity contribution is -0.114. The molecule has 2 rings (SSSR count). The van der Waals surface area contributed by atoms with Crippen LogP contribution < -0.4 is 5.32 Å². The molecule has 1 aromatic rings. The lowest BCUT2D eigenvalue weighted by Crippen LogP contribution is -2.08. The number of nitrogens with zero attached hydrogens (tertiary/aromatic N) is 1. The van der Waals surface area contributed by atoms with Gasteiger partial charge in [-0.3, -0.25) is 4.79 Å². The molecular formula is C10H14N2OS2. The third-order valence-corrected chi connectivity index (χ3v) is 4.18. The number of hydrogen-bond acceptors (Lipinski definition) is 4. The molecule has 82 valence electrons. The number of hydrogen-bond donors (Lipinski definition) is 2. The number of anilines is 1. The zero-order valence-electron chi connectivity index (χ0n) is 8.62. The van der Waals surface area contributed by atoms with E-state index in [-0.39, 0.29) is 5.91 Å². The molecule has 5 heteroatoms. The number of nitrogens with one attached hydrogen (secondary N) is 1. The maximum absolute atomic E-state index is 10.9. The van der Waals surface area contributed by atoms with E-state index in [1.165, 1.54) is 24.6 Å². The number of aryl methyl sites for hydroxylation is 1. The third-order valence-electron chi connectivity index (χ3n) is 2.57. The van der Waals surface area contributed by atoms with Crippen LogP contribution in [0.2, 0.25) is 0 Å². The topological polar surface area (TPSA) is 42.0 Å². The van der Waals surface area contributed by atoms with E-state index >= 15 is 0 Å². The Kier molecular flexibility index (Phi) is 3.31. The van der Waals surface area contributed by atoms with Gasteiger partial charge in [0.1, 0.15) is 0 Å². The van der Waals surface area contributed by atoms with Gasteiger partial charge in [-0.1, -0.05) is 0 Å². The summed E-state index contributed by atoms with van der Waals surface area (Å²) in [5.74, 6) is 1.34. The average Bonchev–Trinajstić information content (AvgIpc) is 2.58. The van der Waals surface area contributed by atoms with Gasteiger partial charge >= 0.3 is 0 Å². The van der Waals surface area contributed by atoms with Crippen molar-refractivity contribution in [1.82, 2.24) is 4.98 Å². The summed E-state index contributed by atoms with van der Waals surface area (Å²) < 4.78 is 0. The van der Waals surface area contributed by atoms with E-state index in [0.29, 0.717) is 5.92 Å². The maximum atomic E-state index is 10.9. The zero-order chi connectivity index (χ0) is 10.8. The second kappa shape index (κ2) is 4.53. The van der Waals surface area contributed by atoms with Gasteiger partial charge in [0.15, 0.2) is 5.13 Å². The molecule has 1 aliphatic rings. The molecule has 0 saturated heterocycles. The number of thiol groups is 1. The highest BCUT2D eigenvalue weighted by molar-refractivity contribution is 7.80. The van der Waals surface area contributed by atoms with Crippen LogP contribution >= 0.6 is 24.0 Å². The average molecular weight is 242 g/mol. The standard InChI is InChI=1S/C10H14N2OS2/c1-6(13)11-10-12-8-4-2-3-7(5-14)9(8)15-10/h7,14H,2-5H2,1H3,(H,11,12,13)/t7-/m1/s1. The van der Waals surface area contributed by atoms with Gasteiger partial charge in [0, 0.05) is 17.7 Å². The second-order valence-electron chi connectivity index (χ2n) is 3.78. The molecular weight excluding hydrogens is 228 g/mol. The van der Waals surface area contributed by atoms with E-state index in [9.17, 15) is 4.79 Å². The van der Waals surface area contributed by atoms with Crippen molar-refractivity contribution in [2.24, 2.45) is 0 Å². The molecule has 1 amide bonds. The molecule has 15 heavy (non-hydrogen) atoms. The number of carbonyl (C=O) groups is 1. The van der Waals surface area contributed by atoms with Crippen molar-refractivity contribution >= 4 is 35.0 Å². The summed E-state index contributed by atoms with van der Waals surface area (Å²) in [6.45, 7) is 1.51. The minimum atomic E-state index is -0.0523. The molecule has 0 aliphatic heterocycles. The quantitative estimate of drug-likeness (QED) is 0.782. The largest absolute Gasteiger partial charge is 0.302 e. The number of amides is 1. The van der Waals surface area contributed by atoms with E-state index in [0.717, 1.165) is 23.0 Å². The molecule has 1 N–H and O–H groups in total. The van der Waals surface area contributed by atoms with Gasteiger partial charge in [-0.05, 0) is 25.0 Å². The Morgan fingerprint density at radius 1 is 1.73 bits per heavy atom. The fourth-order valence-corrected chi connectivity index (χ4v) is 3.57. The van der Waals surface area contributed by atoms with Gasteiger partial charge in [0.25, 0.3) is 0 Å². The first-order valence-corrected chi connectivity index (χ1v) is 6.53. The Bertz CT molecular complexity index is 375. The maximum Gasteiger partial charge on any atom is 0.223 e. The number of rotatable bonds is 2. The number of carbonyl (C=O) groups excluding carboxylic acids is 1. The van der Waals surface area contributed by atoms with E-state index in [4.69, 9.17) is 0 Å². The Balaban J connectivity index is 2.25. The second-order valence-corrected chi connectivity index (χ2v) is 5.18. The third kappa shape index (κ3) is 2.34. The SMILES string of the molecule is CC(=O)Nc1nc2c(s1)[C@@H](CS)CCC2. The molecule has 1 aliphatic carbocycles. The number of thiazole rings is 1. The summed E-state index contributed by atoms with van der Waals surface area (Å²) in [5.41, 5.74) is 1.16. The van der Waals surface area contributed by atoms with Gasteiger partial charge in [-0.2, -0.15) is 12.6 Å². The number of aromatic nitrogens is 1. The minimum Gasteiger partial charge on any atom is -0.302 e. The van der Waals surface area contributed by atoms with E-state index in [2.05, 4.69) is 22.9 Å². The molecule has 0 saturated carbocycles. The van der Waals surface area contributed by atoms with Gasteiger partial charge in [0.05, 0.1) is 5.69 Å². The molecule has 1 atom stereocenters. The molecule has 3 nitrogen and oxygen atoms in total. The van der Waals surface area contributed by atoms with Gasteiger partial charge < -0.3 is 5.32 Å². The van der Waals surface area contributed by atoms with Crippen LogP contribution in [0.15, 0.2) is 0 Å². The van der Waals surface area contributed by atoms with Gasteiger partial charge in [-0.25, -0.2) is 4.98 Å². The van der Waals surface area contributed by atoms with Crippen LogP contribution in [0.25, 0.3) is 0 Å². The van der Waals surface area contributed by atoms with Crippen LogP contribution in [0.5, 0.6) is 0 Å². The summed E-state index contributed by atoms with van der Waals surface area (Å²) in [4.78, 5) is 16.7. The molecule has 0 aromatic carbocycles. The first-order valence-electron chi connectivity index (χ1n) is 5.08. The first kappa shape index (κ1) is 11.0. The number of fused-ring (bicyclic) bond motifs is 1. The first-order chi connectivity index (χ1) is 7.20. The lowest BCUT2D eigenvalue weighted by atomic mass is 9.93. The molecule has 0 fully saturated rings. The fourth-order valence-electron chi connectivity index (χ4n) is 1.89. The van der Waals surface area contributed by atoms with Crippen molar-refractivity contribution in [2.45, 2.75) is 32.1 Å². The molecule has 1 heterocycles. The van der Waals surface area contributed by atoms with E-state index in [1.807, 2.05) is 0 Å². The van der Waals surface area contributed by atoms with Crippen molar-refractivity contribution in [3.8, 4) is 0 Å². The Morgan fingerprint density at radius 2 is 2.53 bits per heavy atom. The van der Waals surface area contributed by atoms with E-state index in [1.54, 1.807) is 11.3 Å². The van der Waals surface area contributed by atoms with Gasteiger partial charge in [-0.15, -0.1) is 11.3 Å². The Labute approximate surface area is 98.7 Å². The van der Waals surface area contributed by atoms with Crippen molar-refractivity contribution in [3.63, 3.8) is 0 Å². The predicted molar refractivity (Wildman–Crippen MR) is 65.9 cm³/mol. The van der Waals surface area contributed by atoms with Crippen LogP contribution in [0.3, 0.4) is 0 Å².